The molecule has 0 fully saturated rings. The van der Waals surface area contributed by atoms with Gasteiger partial charge in [-0.05, 0) is 13.0 Å². The fraction of sp³-hybridized carbons (Fsp3) is 0.444. The predicted octanol–water partition coefficient (Wildman–Crippen LogP) is 2.75. The van der Waals surface area contributed by atoms with Gasteiger partial charge in [-0.3, -0.25) is 0 Å². The van der Waals surface area contributed by atoms with E-state index in [1.54, 1.807) is 6.92 Å². The van der Waals surface area contributed by atoms with Crippen molar-refractivity contribution in [1.82, 2.24) is 0 Å². The Morgan fingerprint density at radius 2 is 2.19 bits per heavy atom. The van der Waals surface area contributed by atoms with Crippen LogP contribution in [0.2, 0.25) is 0 Å². The number of rotatable bonds is 3. The maximum Gasteiger partial charge on any atom is 0.392 e. The van der Waals surface area contributed by atoms with Gasteiger partial charge < -0.3 is 10.5 Å². The molecule has 1 heterocycles. The lowest BCUT2D eigenvalue weighted by Crippen LogP contribution is -2.14. The minimum atomic E-state index is -4.31. The lowest BCUT2D eigenvalue weighted by molar-refractivity contribution is -0.141. The van der Waals surface area contributed by atoms with Gasteiger partial charge in [0.1, 0.15) is 11.5 Å². The number of esters is 1. The molecule has 0 aliphatic rings. The fourth-order valence-corrected chi connectivity index (χ4v) is 1.76. The van der Waals surface area contributed by atoms with E-state index in [2.05, 4.69) is 4.74 Å². The molecule has 0 atom stereocenters. The standard InChI is InChI=1S/C9H10F3NO2S/c1-5-6(13)4-7(16-5)8(14)15-3-2-9(10,11)12/h4H,2-3,13H2,1H3. The molecule has 0 aromatic carbocycles. The van der Waals surface area contributed by atoms with Crippen LogP contribution in [-0.4, -0.2) is 18.8 Å². The molecule has 7 heteroatoms. The first kappa shape index (κ1) is 12.8. The summed E-state index contributed by atoms with van der Waals surface area (Å²) in [6.07, 6.45) is -5.46. The highest BCUT2D eigenvalue weighted by Crippen LogP contribution is 2.24. The largest absolute Gasteiger partial charge is 0.461 e. The van der Waals surface area contributed by atoms with Gasteiger partial charge in [0.05, 0.1) is 6.42 Å². The average molecular weight is 253 g/mol. The molecule has 0 spiro atoms. The van der Waals surface area contributed by atoms with Crippen LogP contribution in [0.1, 0.15) is 21.0 Å². The molecule has 1 aromatic rings. The SMILES string of the molecule is Cc1sc(C(=O)OCCC(F)(F)F)cc1N. The molecule has 2 N–H and O–H groups in total. The van der Waals surface area contributed by atoms with Gasteiger partial charge in [-0.1, -0.05) is 0 Å². The van der Waals surface area contributed by atoms with Crippen molar-refractivity contribution in [1.29, 1.82) is 0 Å². The molecule has 1 aromatic heterocycles. The molecular weight excluding hydrogens is 243 g/mol. The first-order valence-corrected chi connectivity index (χ1v) is 5.21. The van der Waals surface area contributed by atoms with Crippen molar-refractivity contribution in [3.8, 4) is 0 Å². The molecular formula is C9H10F3NO2S. The van der Waals surface area contributed by atoms with E-state index in [0.717, 1.165) is 16.2 Å². The van der Waals surface area contributed by atoms with Crippen molar-refractivity contribution in [2.24, 2.45) is 0 Å². The molecule has 0 saturated heterocycles. The maximum absolute atomic E-state index is 11.8. The van der Waals surface area contributed by atoms with E-state index in [4.69, 9.17) is 5.73 Å². The summed E-state index contributed by atoms with van der Waals surface area (Å²) in [5, 5.41) is 0. The van der Waals surface area contributed by atoms with Gasteiger partial charge in [0.25, 0.3) is 0 Å². The summed E-state index contributed by atoms with van der Waals surface area (Å²) in [5.41, 5.74) is 5.94. The van der Waals surface area contributed by atoms with Gasteiger partial charge in [0, 0.05) is 10.6 Å². The number of halogens is 3. The van der Waals surface area contributed by atoms with Crippen molar-refractivity contribution in [2.75, 3.05) is 12.3 Å². The zero-order valence-corrected chi connectivity index (χ0v) is 9.24. The van der Waals surface area contributed by atoms with Crippen LogP contribution in [0.3, 0.4) is 0 Å². The Kier molecular flexibility index (Phi) is 3.79. The van der Waals surface area contributed by atoms with Crippen LogP contribution in [0.5, 0.6) is 0 Å². The van der Waals surface area contributed by atoms with Crippen molar-refractivity contribution in [2.45, 2.75) is 19.5 Å². The lowest BCUT2D eigenvalue weighted by Gasteiger charge is -2.06. The van der Waals surface area contributed by atoms with Crippen molar-refractivity contribution < 1.29 is 22.7 Å². The third kappa shape index (κ3) is 3.73. The van der Waals surface area contributed by atoms with Gasteiger partial charge in [-0.15, -0.1) is 11.3 Å². The summed E-state index contributed by atoms with van der Waals surface area (Å²) < 4.78 is 39.8. The van der Waals surface area contributed by atoms with Crippen molar-refractivity contribution in [3.63, 3.8) is 0 Å². The summed E-state index contributed by atoms with van der Waals surface area (Å²) >= 11 is 1.10. The molecule has 1 rings (SSSR count). The van der Waals surface area contributed by atoms with Gasteiger partial charge in [-0.25, -0.2) is 4.79 Å². The van der Waals surface area contributed by atoms with Crippen LogP contribution in [-0.2, 0) is 4.74 Å². The number of alkyl halides is 3. The Hall–Kier alpha value is -1.24. The molecule has 0 bridgehead atoms. The molecule has 0 saturated carbocycles. The number of carbonyl (C=O) groups is 1. The topological polar surface area (TPSA) is 52.3 Å². The van der Waals surface area contributed by atoms with E-state index < -0.39 is 25.2 Å². The molecule has 0 amide bonds. The third-order valence-corrected chi connectivity index (χ3v) is 2.82. The summed E-state index contributed by atoms with van der Waals surface area (Å²) in [7, 11) is 0. The molecule has 3 nitrogen and oxygen atoms in total. The van der Waals surface area contributed by atoms with Crippen LogP contribution in [0.15, 0.2) is 6.07 Å². The molecule has 90 valence electrons. The van der Waals surface area contributed by atoms with Crippen LogP contribution in [0.25, 0.3) is 0 Å². The Morgan fingerprint density at radius 3 is 2.62 bits per heavy atom. The average Bonchev–Trinajstić information content (AvgIpc) is 2.45. The highest BCUT2D eigenvalue weighted by molar-refractivity contribution is 7.14. The van der Waals surface area contributed by atoms with Crippen LogP contribution >= 0.6 is 11.3 Å². The lowest BCUT2D eigenvalue weighted by atomic mass is 10.4. The minimum absolute atomic E-state index is 0.220. The smallest absolute Gasteiger partial charge is 0.392 e. The van der Waals surface area contributed by atoms with Crippen molar-refractivity contribution >= 4 is 23.0 Å². The van der Waals surface area contributed by atoms with E-state index in [0.29, 0.717) is 5.69 Å². The van der Waals surface area contributed by atoms with Crippen LogP contribution < -0.4 is 5.73 Å². The molecule has 0 aliphatic carbocycles. The molecule has 0 unspecified atom stereocenters. The molecule has 16 heavy (non-hydrogen) atoms. The van der Waals surface area contributed by atoms with E-state index in [-0.39, 0.29) is 4.88 Å². The Balaban J connectivity index is 2.47. The highest BCUT2D eigenvalue weighted by atomic mass is 32.1. The van der Waals surface area contributed by atoms with Gasteiger partial charge in [0.2, 0.25) is 0 Å². The zero-order valence-electron chi connectivity index (χ0n) is 8.43. The van der Waals surface area contributed by atoms with E-state index in [1.807, 2.05) is 0 Å². The van der Waals surface area contributed by atoms with Gasteiger partial charge in [0.15, 0.2) is 0 Å². The van der Waals surface area contributed by atoms with E-state index in [9.17, 15) is 18.0 Å². The second-order valence-corrected chi connectivity index (χ2v) is 4.38. The number of hydrogen-bond donors (Lipinski definition) is 1. The number of aryl methyl sites for hydroxylation is 1. The monoisotopic (exact) mass is 253 g/mol. The second kappa shape index (κ2) is 4.73. The van der Waals surface area contributed by atoms with Gasteiger partial charge in [-0.2, -0.15) is 13.2 Å². The number of thiophene rings is 1. The van der Waals surface area contributed by atoms with Crippen molar-refractivity contribution in [3.05, 3.63) is 15.8 Å². The molecule has 0 radical (unpaired) electrons. The number of nitrogen functional groups attached to an aromatic ring is 1. The van der Waals surface area contributed by atoms with E-state index in [1.165, 1.54) is 6.07 Å². The fourth-order valence-electron chi connectivity index (χ4n) is 0.927. The summed E-state index contributed by atoms with van der Waals surface area (Å²) in [4.78, 5) is 12.2. The summed E-state index contributed by atoms with van der Waals surface area (Å²) in [5.74, 6) is -0.769. The normalized spacial score (nSPS) is 11.5. The first-order chi connectivity index (χ1) is 7.29. The van der Waals surface area contributed by atoms with E-state index >= 15 is 0 Å². The molecule has 0 aliphatic heterocycles. The van der Waals surface area contributed by atoms with Crippen LogP contribution in [0.4, 0.5) is 18.9 Å². The first-order valence-electron chi connectivity index (χ1n) is 4.39. The predicted molar refractivity (Wildman–Crippen MR) is 54.4 cm³/mol. The summed E-state index contributed by atoms with van der Waals surface area (Å²) in [6, 6.07) is 1.40. The summed E-state index contributed by atoms with van der Waals surface area (Å²) in [6.45, 7) is 1.05. The Morgan fingerprint density at radius 1 is 1.56 bits per heavy atom. The quantitative estimate of drug-likeness (QED) is 0.843. The number of carbonyl (C=O) groups excluding carboxylic acids is 1. The Labute approximate surface area is 94.0 Å². The zero-order chi connectivity index (χ0) is 12.3. The minimum Gasteiger partial charge on any atom is -0.461 e. The maximum atomic E-state index is 11.8. The number of anilines is 1. The Bertz CT molecular complexity index is 367. The number of ether oxygens (including phenoxy) is 1. The number of hydrogen-bond acceptors (Lipinski definition) is 4. The third-order valence-electron chi connectivity index (χ3n) is 1.78. The van der Waals surface area contributed by atoms with Gasteiger partial charge >= 0.3 is 12.1 Å². The number of nitrogens with two attached hydrogens (primary N) is 1. The highest BCUT2D eigenvalue weighted by Gasteiger charge is 2.27. The van der Waals surface area contributed by atoms with Crippen LogP contribution in [0, 0.1) is 6.92 Å². The second-order valence-electron chi connectivity index (χ2n) is 3.12.